The van der Waals surface area contributed by atoms with Crippen LogP contribution in [-0.2, 0) is 0 Å². The lowest BCUT2D eigenvalue weighted by Gasteiger charge is -2.04. The molecular formula is C15H18N6O2+2. The van der Waals surface area contributed by atoms with Crippen LogP contribution in [0.4, 0.5) is 11.4 Å². The molecule has 0 atom stereocenters. The molecule has 0 spiro atoms. The lowest BCUT2D eigenvalue weighted by molar-refractivity contribution is -0.356. The van der Waals surface area contributed by atoms with E-state index in [0.29, 0.717) is 22.7 Å². The fourth-order valence-electron chi connectivity index (χ4n) is 1.80. The fraction of sp³-hybridized carbons (Fsp3) is 0. The minimum absolute atomic E-state index is 0.0735. The SMILES string of the molecule is NC(N)=[NH+]c1ccc(OC(=O)c2ccc([NH+]=C(N)N)cc2)cc1. The van der Waals surface area contributed by atoms with Crippen LogP contribution in [0.3, 0.4) is 0 Å². The van der Waals surface area contributed by atoms with Gasteiger partial charge >= 0.3 is 17.9 Å². The number of ether oxygens (including phenoxy) is 1. The third-order valence-corrected chi connectivity index (χ3v) is 2.76. The van der Waals surface area contributed by atoms with E-state index in [2.05, 4.69) is 9.98 Å². The van der Waals surface area contributed by atoms with Gasteiger partial charge in [0.25, 0.3) is 0 Å². The zero-order valence-electron chi connectivity index (χ0n) is 12.2. The molecule has 0 fully saturated rings. The average Bonchev–Trinajstić information content (AvgIpc) is 2.49. The zero-order valence-corrected chi connectivity index (χ0v) is 12.2. The second-order valence-corrected chi connectivity index (χ2v) is 4.65. The Hall–Kier alpha value is -3.55. The van der Waals surface area contributed by atoms with Gasteiger partial charge in [0.1, 0.15) is 5.75 Å². The predicted molar refractivity (Wildman–Crippen MR) is 85.9 cm³/mol. The van der Waals surface area contributed by atoms with Gasteiger partial charge in [0, 0.05) is 0 Å². The van der Waals surface area contributed by atoms with Gasteiger partial charge in [0.15, 0.2) is 0 Å². The van der Waals surface area contributed by atoms with Gasteiger partial charge < -0.3 is 4.74 Å². The topological polar surface area (TPSA) is 158 Å². The number of nitrogens with two attached hydrogens (primary N) is 4. The maximum absolute atomic E-state index is 12.1. The summed E-state index contributed by atoms with van der Waals surface area (Å²) in [6.07, 6.45) is 0. The minimum atomic E-state index is -0.480. The van der Waals surface area contributed by atoms with Crippen molar-refractivity contribution in [2.45, 2.75) is 0 Å². The summed E-state index contributed by atoms with van der Waals surface area (Å²) in [5.74, 6) is 0.0768. The van der Waals surface area contributed by atoms with E-state index in [4.69, 9.17) is 27.7 Å². The van der Waals surface area contributed by atoms with Crippen molar-refractivity contribution >= 4 is 29.3 Å². The molecule has 2 aromatic carbocycles. The number of esters is 1. The fourth-order valence-corrected chi connectivity index (χ4v) is 1.80. The van der Waals surface area contributed by atoms with Gasteiger partial charge in [0.2, 0.25) is 0 Å². The molecule has 0 unspecified atom stereocenters. The molecule has 0 aliphatic rings. The minimum Gasteiger partial charge on any atom is -0.423 e. The third kappa shape index (κ3) is 4.74. The number of carbonyl (C=O) groups excluding carboxylic acids is 1. The normalized spacial score (nSPS) is 9.74. The molecule has 2 rings (SSSR count). The van der Waals surface area contributed by atoms with Crippen LogP contribution in [0.1, 0.15) is 10.4 Å². The highest BCUT2D eigenvalue weighted by Crippen LogP contribution is 2.15. The molecule has 0 saturated heterocycles. The highest BCUT2D eigenvalue weighted by Gasteiger charge is 2.09. The van der Waals surface area contributed by atoms with Crippen LogP contribution in [0.15, 0.2) is 48.5 Å². The Morgan fingerprint density at radius 2 is 1.17 bits per heavy atom. The zero-order chi connectivity index (χ0) is 16.8. The van der Waals surface area contributed by atoms with Crippen molar-refractivity contribution in [3.05, 3.63) is 54.1 Å². The van der Waals surface area contributed by atoms with Crippen LogP contribution in [-0.4, -0.2) is 17.9 Å². The van der Waals surface area contributed by atoms with Crippen LogP contribution in [0.5, 0.6) is 5.75 Å². The van der Waals surface area contributed by atoms with Crippen molar-refractivity contribution in [1.82, 2.24) is 0 Å². The van der Waals surface area contributed by atoms with E-state index in [0.717, 1.165) is 0 Å². The van der Waals surface area contributed by atoms with Crippen molar-refractivity contribution in [2.24, 2.45) is 22.9 Å². The predicted octanol–water partition coefficient (Wildman–Crippen LogP) is -3.12. The Morgan fingerprint density at radius 3 is 1.61 bits per heavy atom. The Morgan fingerprint density at radius 1 is 0.739 bits per heavy atom. The summed E-state index contributed by atoms with van der Waals surface area (Å²) in [6.45, 7) is 0. The molecule has 2 aromatic rings. The molecule has 0 aromatic heterocycles. The summed E-state index contributed by atoms with van der Waals surface area (Å²) in [7, 11) is 0. The van der Waals surface area contributed by atoms with Crippen molar-refractivity contribution in [1.29, 1.82) is 0 Å². The number of rotatable bonds is 4. The molecule has 0 heterocycles. The first kappa shape index (κ1) is 15.8. The van der Waals surface area contributed by atoms with Crippen molar-refractivity contribution in [2.75, 3.05) is 0 Å². The molecule has 0 bridgehead atoms. The highest BCUT2D eigenvalue weighted by atomic mass is 16.5. The van der Waals surface area contributed by atoms with Crippen molar-refractivity contribution in [3.63, 3.8) is 0 Å². The van der Waals surface area contributed by atoms with Crippen LogP contribution in [0, 0.1) is 0 Å². The summed E-state index contributed by atoms with van der Waals surface area (Å²) >= 11 is 0. The first-order valence-electron chi connectivity index (χ1n) is 6.66. The summed E-state index contributed by atoms with van der Waals surface area (Å²) in [6, 6.07) is 13.2. The molecule has 118 valence electrons. The van der Waals surface area contributed by atoms with E-state index < -0.39 is 5.97 Å². The van der Waals surface area contributed by atoms with E-state index in [1.165, 1.54) is 0 Å². The molecule has 0 radical (unpaired) electrons. The second kappa shape index (κ2) is 6.94. The number of hydrogen-bond donors (Lipinski definition) is 6. The Labute approximate surface area is 132 Å². The van der Waals surface area contributed by atoms with Gasteiger partial charge in [-0.1, -0.05) is 0 Å². The molecular weight excluding hydrogens is 296 g/mol. The van der Waals surface area contributed by atoms with Crippen LogP contribution in [0.25, 0.3) is 0 Å². The monoisotopic (exact) mass is 314 g/mol. The largest absolute Gasteiger partial charge is 0.423 e. The van der Waals surface area contributed by atoms with E-state index in [1.807, 2.05) is 0 Å². The summed E-state index contributed by atoms with van der Waals surface area (Å²) in [4.78, 5) is 17.5. The maximum atomic E-state index is 12.1. The molecule has 23 heavy (non-hydrogen) atoms. The summed E-state index contributed by atoms with van der Waals surface area (Å²) in [5, 5.41) is 0. The summed E-state index contributed by atoms with van der Waals surface area (Å²) in [5.41, 5.74) is 23.1. The van der Waals surface area contributed by atoms with Crippen molar-refractivity contribution in [3.8, 4) is 5.75 Å². The van der Waals surface area contributed by atoms with Gasteiger partial charge in [-0.2, -0.15) is 0 Å². The first-order valence-corrected chi connectivity index (χ1v) is 6.66. The van der Waals surface area contributed by atoms with Gasteiger partial charge in [-0.25, -0.2) is 14.8 Å². The number of carbonyl (C=O) groups is 1. The van der Waals surface area contributed by atoms with Gasteiger partial charge in [0.05, 0.1) is 16.9 Å². The molecule has 10 N–H and O–H groups in total. The second-order valence-electron chi connectivity index (χ2n) is 4.65. The van der Waals surface area contributed by atoms with Crippen LogP contribution < -0.4 is 37.7 Å². The Balaban J connectivity index is 2.06. The average molecular weight is 314 g/mol. The Kier molecular flexibility index (Phi) is 4.78. The van der Waals surface area contributed by atoms with E-state index >= 15 is 0 Å². The van der Waals surface area contributed by atoms with Crippen LogP contribution >= 0.6 is 0 Å². The lowest BCUT2D eigenvalue weighted by Crippen LogP contribution is -2.72. The van der Waals surface area contributed by atoms with Gasteiger partial charge in [-0.15, -0.1) is 0 Å². The van der Waals surface area contributed by atoms with E-state index in [-0.39, 0.29) is 11.9 Å². The van der Waals surface area contributed by atoms with Crippen molar-refractivity contribution < 1.29 is 19.5 Å². The summed E-state index contributed by atoms with van der Waals surface area (Å²) < 4.78 is 5.27. The third-order valence-electron chi connectivity index (χ3n) is 2.76. The van der Waals surface area contributed by atoms with Gasteiger partial charge in [-0.05, 0) is 48.5 Å². The van der Waals surface area contributed by atoms with E-state index in [1.54, 1.807) is 48.5 Å². The molecule has 0 amide bonds. The quantitative estimate of drug-likeness (QED) is 0.152. The maximum Gasteiger partial charge on any atom is 0.343 e. The number of benzene rings is 2. The first-order chi connectivity index (χ1) is 10.9. The number of nitrogens with one attached hydrogen (secondary N) is 2. The molecule has 0 aliphatic heterocycles. The number of guanidine groups is 2. The van der Waals surface area contributed by atoms with Crippen LogP contribution in [0.2, 0.25) is 0 Å². The smallest absolute Gasteiger partial charge is 0.343 e. The number of hydrogen-bond acceptors (Lipinski definition) is 2. The molecule has 8 heteroatoms. The van der Waals surface area contributed by atoms with E-state index in [9.17, 15) is 4.79 Å². The standard InChI is InChI=1S/C15H16N6O2/c16-14(17)20-10-3-1-9(2-4-10)13(22)23-12-7-5-11(6-8-12)21-15(18)19/h1-8H,(H4,16,17,20)(H4,18,19,21)/p+2. The lowest BCUT2D eigenvalue weighted by atomic mass is 10.2. The molecule has 0 saturated carbocycles. The van der Waals surface area contributed by atoms with Gasteiger partial charge in [-0.3, -0.25) is 22.9 Å². The Bertz CT molecular complexity index is 743. The molecule has 0 aliphatic carbocycles. The molecule has 8 nitrogen and oxygen atoms in total. The highest BCUT2D eigenvalue weighted by molar-refractivity contribution is 5.91.